The van der Waals surface area contributed by atoms with Gasteiger partial charge in [-0.1, -0.05) is 6.92 Å². The van der Waals surface area contributed by atoms with Crippen LogP contribution in [0.25, 0.3) is 0 Å². The average molecular weight is 267 g/mol. The van der Waals surface area contributed by atoms with Gasteiger partial charge in [0, 0.05) is 0 Å². The molecule has 1 amide bonds. The summed E-state index contributed by atoms with van der Waals surface area (Å²) in [6.07, 6.45) is 1.89. The van der Waals surface area contributed by atoms with Crippen molar-refractivity contribution < 1.29 is 14.6 Å². The number of aromatic amines is 1. The normalized spacial score (nSPS) is 26.3. The second-order valence-corrected chi connectivity index (χ2v) is 4.60. The molecule has 2 unspecified atom stereocenters. The zero-order chi connectivity index (χ0) is 14.0. The Morgan fingerprint density at radius 3 is 3.00 bits per heavy atom. The maximum atomic E-state index is 11.6. The van der Waals surface area contributed by atoms with Crippen LogP contribution in [0, 0.1) is 5.92 Å². The molecule has 8 nitrogen and oxygen atoms in total. The number of nitrogens with zero attached hydrogens (tertiary/aromatic N) is 2. The number of aliphatic hydroxyl groups excluding tert-OH is 1. The van der Waals surface area contributed by atoms with Gasteiger partial charge in [-0.15, -0.1) is 0 Å². The van der Waals surface area contributed by atoms with E-state index in [9.17, 15) is 4.79 Å². The molecule has 104 valence electrons. The molecule has 1 aromatic rings. The van der Waals surface area contributed by atoms with Crippen LogP contribution in [0.15, 0.2) is 11.2 Å². The largest absolute Gasteiger partial charge is 0.394 e. The first-order valence-electron chi connectivity index (χ1n) is 5.96. The SMILES string of the molecule is CC1CC(CO)O[C@H]1c1cnc(C(=O)N=C(N)N)[nH]1. The molecule has 2 heterocycles. The first-order chi connectivity index (χ1) is 9.01. The van der Waals surface area contributed by atoms with E-state index >= 15 is 0 Å². The second kappa shape index (κ2) is 5.37. The molecule has 8 heteroatoms. The molecule has 0 saturated carbocycles. The number of aliphatic imine (C=N–C) groups is 1. The molecule has 1 saturated heterocycles. The Balaban J connectivity index is 2.13. The van der Waals surface area contributed by atoms with E-state index < -0.39 is 5.91 Å². The maximum Gasteiger partial charge on any atom is 0.315 e. The van der Waals surface area contributed by atoms with Crippen molar-refractivity contribution in [2.24, 2.45) is 22.4 Å². The Labute approximate surface area is 109 Å². The number of imidazole rings is 1. The molecule has 19 heavy (non-hydrogen) atoms. The Bertz CT molecular complexity index is 494. The standard InChI is InChI=1S/C11H17N5O3/c1-5-2-6(4-17)19-8(5)7-3-14-9(15-7)10(18)16-11(12)13/h3,5-6,8,17H,2,4H2,1H3,(H,14,15)(H4,12,13,16,18)/t5?,6?,8-/m1/s1. The van der Waals surface area contributed by atoms with Crippen molar-refractivity contribution in [3.8, 4) is 0 Å². The summed E-state index contributed by atoms with van der Waals surface area (Å²) in [5, 5.41) is 9.09. The van der Waals surface area contributed by atoms with Crippen LogP contribution in [0.4, 0.5) is 0 Å². The highest BCUT2D eigenvalue weighted by Crippen LogP contribution is 2.36. The van der Waals surface area contributed by atoms with Crippen molar-refractivity contribution in [1.29, 1.82) is 0 Å². The van der Waals surface area contributed by atoms with Gasteiger partial charge in [-0.3, -0.25) is 4.79 Å². The lowest BCUT2D eigenvalue weighted by Crippen LogP contribution is -2.24. The summed E-state index contributed by atoms with van der Waals surface area (Å²) >= 11 is 0. The first-order valence-corrected chi connectivity index (χ1v) is 5.96. The predicted octanol–water partition coefficient (Wildman–Crippen LogP) is -0.718. The highest BCUT2D eigenvalue weighted by molar-refractivity contribution is 5.99. The third-order valence-electron chi connectivity index (χ3n) is 3.03. The molecule has 0 radical (unpaired) electrons. The zero-order valence-electron chi connectivity index (χ0n) is 10.5. The fourth-order valence-electron chi connectivity index (χ4n) is 2.19. The van der Waals surface area contributed by atoms with E-state index in [0.717, 1.165) is 6.42 Å². The van der Waals surface area contributed by atoms with Crippen LogP contribution in [-0.4, -0.2) is 39.7 Å². The lowest BCUT2D eigenvalue weighted by molar-refractivity contribution is 0.00345. The number of nitrogens with one attached hydrogen (secondary N) is 1. The predicted molar refractivity (Wildman–Crippen MR) is 67.2 cm³/mol. The molecule has 0 spiro atoms. The summed E-state index contributed by atoms with van der Waals surface area (Å²) in [6, 6.07) is 0. The van der Waals surface area contributed by atoms with Gasteiger partial charge in [-0.05, 0) is 12.3 Å². The summed E-state index contributed by atoms with van der Waals surface area (Å²) in [6.45, 7) is 1.99. The van der Waals surface area contributed by atoms with Crippen LogP contribution in [0.1, 0.15) is 35.8 Å². The van der Waals surface area contributed by atoms with Gasteiger partial charge in [0.1, 0.15) is 6.10 Å². The quantitative estimate of drug-likeness (QED) is 0.421. The molecule has 1 fully saturated rings. The molecule has 0 aliphatic carbocycles. The van der Waals surface area contributed by atoms with Crippen molar-refractivity contribution >= 4 is 11.9 Å². The van der Waals surface area contributed by atoms with Gasteiger partial charge < -0.3 is 26.3 Å². The maximum absolute atomic E-state index is 11.6. The van der Waals surface area contributed by atoms with Crippen LogP contribution in [0.2, 0.25) is 0 Å². The zero-order valence-corrected chi connectivity index (χ0v) is 10.5. The monoisotopic (exact) mass is 267 g/mol. The van der Waals surface area contributed by atoms with E-state index in [4.69, 9.17) is 21.3 Å². The number of carbonyl (C=O) groups is 1. The third-order valence-corrected chi connectivity index (χ3v) is 3.03. The fourth-order valence-corrected chi connectivity index (χ4v) is 2.19. The van der Waals surface area contributed by atoms with Crippen molar-refractivity contribution in [1.82, 2.24) is 9.97 Å². The fraction of sp³-hybridized carbons (Fsp3) is 0.545. The third kappa shape index (κ3) is 2.91. The molecule has 6 N–H and O–H groups in total. The van der Waals surface area contributed by atoms with E-state index in [1.807, 2.05) is 6.92 Å². The van der Waals surface area contributed by atoms with Crippen LogP contribution in [-0.2, 0) is 4.74 Å². The number of rotatable bonds is 3. The minimum atomic E-state index is -0.629. The summed E-state index contributed by atoms with van der Waals surface area (Å²) in [5.74, 6) is -0.653. The van der Waals surface area contributed by atoms with E-state index in [1.165, 1.54) is 6.20 Å². The molecule has 1 aliphatic rings. The summed E-state index contributed by atoms with van der Waals surface area (Å²) in [7, 11) is 0. The van der Waals surface area contributed by atoms with Gasteiger partial charge in [0.2, 0.25) is 0 Å². The van der Waals surface area contributed by atoms with E-state index in [0.29, 0.717) is 5.69 Å². The van der Waals surface area contributed by atoms with E-state index in [-0.39, 0.29) is 36.5 Å². The first kappa shape index (κ1) is 13.5. The van der Waals surface area contributed by atoms with E-state index in [1.54, 1.807) is 0 Å². The number of nitrogens with two attached hydrogens (primary N) is 2. The van der Waals surface area contributed by atoms with Gasteiger partial charge in [-0.25, -0.2) is 4.98 Å². The van der Waals surface area contributed by atoms with Crippen molar-refractivity contribution in [2.45, 2.75) is 25.6 Å². The van der Waals surface area contributed by atoms with Gasteiger partial charge in [0.05, 0.1) is 24.6 Å². The van der Waals surface area contributed by atoms with E-state index in [2.05, 4.69) is 15.0 Å². The summed E-state index contributed by atoms with van der Waals surface area (Å²) < 4.78 is 5.67. The summed E-state index contributed by atoms with van der Waals surface area (Å²) in [4.78, 5) is 21.7. The molecule has 0 bridgehead atoms. The number of ether oxygens (including phenoxy) is 1. The topological polar surface area (TPSA) is 140 Å². The minimum absolute atomic E-state index is 0.0191. The Kier molecular flexibility index (Phi) is 3.82. The minimum Gasteiger partial charge on any atom is -0.394 e. The Morgan fingerprint density at radius 1 is 1.68 bits per heavy atom. The lowest BCUT2D eigenvalue weighted by atomic mass is 10.0. The van der Waals surface area contributed by atoms with Crippen molar-refractivity contribution in [3.63, 3.8) is 0 Å². The molecule has 2 rings (SSSR count). The highest BCUT2D eigenvalue weighted by Gasteiger charge is 2.34. The number of carbonyl (C=O) groups excluding carboxylic acids is 1. The molecule has 3 atom stereocenters. The number of aliphatic hydroxyl groups is 1. The number of guanidine groups is 1. The molecule has 0 aromatic carbocycles. The van der Waals surface area contributed by atoms with Crippen molar-refractivity contribution in [3.05, 3.63) is 17.7 Å². The van der Waals surface area contributed by atoms with Crippen LogP contribution < -0.4 is 11.5 Å². The average Bonchev–Trinajstić information content (AvgIpc) is 2.94. The summed E-state index contributed by atoms with van der Waals surface area (Å²) in [5.41, 5.74) is 10.9. The smallest absolute Gasteiger partial charge is 0.315 e. The molecular weight excluding hydrogens is 250 g/mol. The Hall–Kier alpha value is -1.93. The number of amides is 1. The molecular formula is C11H17N5O3. The van der Waals surface area contributed by atoms with Gasteiger partial charge >= 0.3 is 5.91 Å². The number of aromatic nitrogens is 2. The highest BCUT2D eigenvalue weighted by atomic mass is 16.5. The Morgan fingerprint density at radius 2 is 2.42 bits per heavy atom. The van der Waals surface area contributed by atoms with Gasteiger partial charge in [0.25, 0.3) is 0 Å². The molecule has 1 aliphatic heterocycles. The number of hydrogen-bond acceptors (Lipinski definition) is 4. The van der Waals surface area contributed by atoms with Crippen LogP contribution in [0.5, 0.6) is 0 Å². The van der Waals surface area contributed by atoms with Crippen molar-refractivity contribution in [2.75, 3.05) is 6.61 Å². The number of hydrogen-bond donors (Lipinski definition) is 4. The second-order valence-electron chi connectivity index (χ2n) is 4.60. The van der Waals surface area contributed by atoms with Crippen LogP contribution in [0.3, 0.4) is 0 Å². The van der Waals surface area contributed by atoms with Crippen LogP contribution >= 0.6 is 0 Å². The van der Waals surface area contributed by atoms with Gasteiger partial charge in [0.15, 0.2) is 11.8 Å². The lowest BCUT2D eigenvalue weighted by Gasteiger charge is -2.12. The number of H-pyrrole nitrogens is 1. The molecule has 1 aromatic heterocycles. The van der Waals surface area contributed by atoms with Gasteiger partial charge in [-0.2, -0.15) is 4.99 Å².